The highest BCUT2D eigenvalue weighted by Gasteiger charge is 2.17. The number of carbonyl (C=O) groups excluding carboxylic acids is 1. The van der Waals surface area contributed by atoms with E-state index in [9.17, 15) is 4.79 Å². The number of carbonyl (C=O) groups is 1. The van der Waals surface area contributed by atoms with Gasteiger partial charge in [0.05, 0.1) is 0 Å². The number of hydrogen-bond acceptors (Lipinski definition) is 3. The summed E-state index contributed by atoms with van der Waals surface area (Å²) in [6.45, 7) is 5.43. The molecule has 0 saturated carbocycles. The van der Waals surface area contributed by atoms with Crippen LogP contribution in [0.25, 0.3) is 0 Å². The first-order valence-corrected chi connectivity index (χ1v) is 5.70. The van der Waals surface area contributed by atoms with Crippen molar-refractivity contribution < 1.29 is 4.79 Å². The summed E-state index contributed by atoms with van der Waals surface area (Å²) in [6, 6.07) is 3.75. The van der Waals surface area contributed by atoms with Gasteiger partial charge in [-0.3, -0.25) is 9.78 Å². The lowest BCUT2D eigenvalue weighted by molar-refractivity contribution is 0.0760. The highest BCUT2D eigenvalue weighted by Crippen LogP contribution is 2.06. The van der Waals surface area contributed by atoms with Crippen LogP contribution in [0.1, 0.15) is 22.5 Å². The minimum absolute atomic E-state index is 0.0485. The van der Waals surface area contributed by atoms with E-state index in [1.54, 1.807) is 6.20 Å². The monoisotopic (exact) mass is 219 g/mol. The van der Waals surface area contributed by atoms with Gasteiger partial charge in [0.15, 0.2) is 0 Å². The lowest BCUT2D eigenvalue weighted by Crippen LogP contribution is -2.34. The van der Waals surface area contributed by atoms with Crippen molar-refractivity contribution in [3.05, 3.63) is 29.6 Å². The minimum Gasteiger partial charge on any atom is -0.336 e. The van der Waals surface area contributed by atoms with Crippen LogP contribution >= 0.6 is 0 Å². The standard InChI is InChI=1S/C12H17N3O/c1-10-3-5-14-11(9-10)12(16)15-7-2-4-13-6-8-15/h3,5,9,13H,2,4,6-8H2,1H3. The van der Waals surface area contributed by atoms with Crippen molar-refractivity contribution in [1.82, 2.24) is 15.2 Å². The van der Waals surface area contributed by atoms with Crippen molar-refractivity contribution in [3.63, 3.8) is 0 Å². The lowest BCUT2D eigenvalue weighted by atomic mass is 10.2. The van der Waals surface area contributed by atoms with E-state index in [0.29, 0.717) is 5.69 Å². The summed E-state index contributed by atoms with van der Waals surface area (Å²) < 4.78 is 0. The van der Waals surface area contributed by atoms with E-state index < -0.39 is 0 Å². The van der Waals surface area contributed by atoms with Crippen molar-refractivity contribution in [2.24, 2.45) is 0 Å². The molecule has 0 atom stereocenters. The number of amides is 1. The zero-order valence-electron chi connectivity index (χ0n) is 9.57. The molecule has 4 nitrogen and oxygen atoms in total. The Balaban J connectivity index is 2.11. The predicted molar refractivity (Wildman–Crippen MR) is 62.4 cm³/mol. The van der Waals surface area contributed by atoms with Crippen LogP contribution in [0.3, 0.4) is 0 Å². The molecule has 1 N–H and O–H groups in total. The maximum absolute atomic E-state index is 12.1. The number of pyridine rings is 1. The summed E-state index contributed by atoms with van der Waals surface area (Å²) >= 11 is 0. The fourth-order valence-corrected chi connectivity index (χ4v) is 1.86. The van der Waals surface area contributed by atoms with Crippen LogP contribution in [0.2, 0.25) is 0 Å². The number of nitrogens with one attached hydrogen (secondary N) is 1. The molecular formula is C12H17N3O. The maximum atomic E-state index is 12.1. The lowest BCUT2D eigenvalue weighted by Gasteiger charge is -2.19. The van der Waals surface area contributed by atoms with Crippen LogP contribution in [0.5, 0.6) is 0 Å². The minimum atomic E-state index is 0.0485. The number of aromatic nitrogens is 1. The molecule has 1 aliphatic heterocycles. The average molecular weight is 219 g/mol. The van der Waals surface area contributed by atoms with Crippen LogP contribution < -0.4 is 5.32 Å². The highest BCUT2D eigenvalue weighted by molar-refractivity contribution is 5.92. The third-order valence-electron chi connectivity index (χ3n) is 2.76. The van der Waals surface area contributed by atoms with E-state index in [1.807, 2.05) is 24.0 Å². The Morgan fingerprint density at radius 3 is 3.12 bits per heavy atom. The van der Waals surface area contributed by atoms with Crippen molar-refractivity contribution in [2.75, 3.05) is 26.2 Å². The molecule has 1 aromatic rings. The van der Waals surface area contributed by atoms with Gasteiger partial charge in [0.2, 0.25) is 0 Å². The van der Waals surface area contributed by atoms with Crippen LogP contribution in [0, 0.1) is 6.92 Å². The zero-order chi connectivity index (χ0) is 11.4. The molecule has 0 bridgehead atoms. The van der Waals surface area contributed by atoms with E-state index in [2.05, 4.69) is 10.3 Å². The molecule has 0 unspecified atom stereocenters. The molecule has 1 amide bonds. The SMILES string of the molecule is Cc1ccnc(C(=O)N2CCCNCC2)c1. The molecule has 1 aliphatic rings. The van der Waals surface area contributed by atoms with Gasteiger partial charge in [-0.25, -0.2) is 0 Å². The average Bonchev–Trinajstić information content (AvgIpc) is 2.56. The van der Waals surface area contributed by atoms with E-state index in [-0.39, 0.29) is 5.91 Å². The van der Waals surface area contributed by atoms with Gasteiger partial charge in [0, 0.05) is 25.8 Å². The van der Waals surface area contributed by atoms with Crippen molar-refractivity contribution in [2.45, 2.75) is 13.3 Å². The second-order valence-corrected chi connectivity index (χ2v) is 4.11. The molecule has 1 saturated heterocycles. The molecule has 0 spiro atoms. The third-order valence-corrected chi connectivity index (χ3v) is 2.76. The van der Waals surface area contributed by atoms with Crippen LogP contribution in [0.15, 0.2) is 18.3 Å². The van der Waals surface area contributed by atoms with Gasteiger partial charge in [0.1, 0.15) is 5.69 Å². The second kappa shape index (κ2) is 5.07. The topological polar surface area (TPSA) is 45.2 Å². The molecule has 0 radical (unpaired) electrons. The molecule has 2 heterocycles. The van der Waals surface area contributed by atoms with Crippen molar-refractivity contribution >= 4 is 5.91 Å². The Bertz CT molecular complexity index is 370. The fraction of sp³-hybridized carbons (Fsp3) is 0.500. The molecule has 2 rings (SSSR count). The normalized spacial score (nSPS) is 16.9. The van der Waals surface area contributed by atoms with Gasteiger partial charge in [-0.15, -0.1) is 0 Å². The van der Waals surface area contributed by atoms with Gasteiger partial charge in [0.25, 0.3) is 5.91 Å². The summed E-state index contributed by atoms with van der Waals surface area (Å²) in [4.78, 5) is 18.2. The summed E-state index contributed by atoms with van der Waals surface area (Å²) in [6.07, 6.45) is 2.70. The Morgan fingerprint density at radius 2 is 2.31 bits per heavy atom. The second-order valence-electron chi connectivity index (χ2n) is 4.11. The molecule has 0 aromatic carbocycles. The van der Waals surface area contributed by atoms with Crippen LogP contribution in [-0.4, -0.2) is 42.0 Å². The summed E-state index contributed by atoms with van der Waals surface area (Å²) in [7, 11) is 0. The Labute approximate surface area is 95.7 Å². The number of nitrogens with zero attached hydrogens (tertiary/aromatic N) is 2. The summed E-state index contributed by atoms with van der Waals surface area (Å²) in [5.41, 5.74) is 1.63. The molecule has 86 valence electrons. The molecule has 0 aliphatic carbocycles. The quantitative estimate of drug-likeness (QED) is 0.760. The van der Waals surface area contributed by atoms with E-state index in [1.165, 1.54) is 0 Å². The van der Waals surface area contributed by atoms with Crippen LogP contribution in [0.4, 0.5) is 0 Å². The fourth-order valence-electron chi connectivity index (χ4n) is 1.86. The molecule has 16 heavy (non-hydrogen) atoms. The Kier molecular flexibility index (Phi) is 3.51. The number of aryl methyl sites for hydroxylation is 1. The van der Waals surface area contributed by atoms with Gasteiger partial charge < -0.3 is 10.2 Å². The molecule has 1 aromatic heterocycles. The number of rotatable bonds is 1. The zero-order valence-corrected chi connectivity index (χ0v) is 9.57. The molecule has 1 fully saturated rings. The van der Waals surface area contributed by atoms with Crippen molar-refractivity contribution in [1.29, 1.82) is 0 Å². The highest BCUT2D eigenvalue weighted by atomic mass is 16.2. The van der Waals surface area contributed by atoms with Gasteiger partial charge in [-0.2, -0.15) is 0 Å². The van der Waals surface area contributed by atoms with Crippen LogP contribution in [-0.2, 0) is 0 Å². The predicted octanol–water partition coefficient (Wildman–Crippen LogP) is 0.826. The number of hydrogen-bond donors (Lipinski definition) is 1. The van der Waals surface area contributed by atoms with Crippen molar-refractivity contribution in [3.8, 4) is 0 Å². The third kappa shape index (κ3) is 2.58. The summed E-state index contributed by atoms with van der Waals surface area (Å²) in [5, 5.41) is 3.28. The Hall–Kier alpha value is -1.42. The van der Waals surface area contributed by atoms with E-state index in [0.717, 1.165) is 38.2 Å². The van der Waals surface area contributed by atoms with Gasteiger partial charge in [-0.05, 0) is 37.6 Å². The Morgan fingerprint density at radius 1 is 1.44 bits per heavy atom. The molecule has 4 heteroatoms. The van der Waals surface area contributed by atoms with Gasteiger partial charge >= 0.3 is 0 Å². The van der Waals surface area contributed by atoms with E-state index >= 15 is 0 Å². The smallest absolute Gasteiger partial charge is 0.272 e. The summed E-state index contributed by atoms with van der Waals surface area (Å²) in [5.74, 6) is 0.0485. The largest absolute Gasteiger partial charge is 0.336 e. The first-order valence-electron chi connectivity index (χ1n) is 5.70. The maximum Gasteiger partial charge on any atom is 0.272 e. The van der Waals surface area contributed by atoms with E-state index in [4.69, 9.17) is 0 Å². The van der Waals surface area contributed by atoms with Gasteiger partial charge in [-0.1, -0.05) is 0 Å². The first kappa shape index (κ1) is 11.1. The molecular weight excluding hydrogens is 202 g/mol. The first-order chi connectivity index (χ1) is 7.77.